The second kappa shape index (κ2) is 7.59. The van der Waals surface area contributed by atoms with E-state index in [4.69, 9.17) is 0 Å². The maximum Gasteiger partial charge on any atom is 0.192 e. The predicted octanol–water partition coefficient (Wildman–Crippen LogP) is 1.94. The van der Waals surface area contributed by atoms with Crippen molar-refractivity contribution >= 4 is 5.96 Å². The standard InChI is InChI=1S/C16H24N6/c1-5-17-16(18-10-15-19-11-20-22(15)4)21-13(3)14-9-7-6-8-12(14)2/h6-9,11,13H,5,10H2,1-4H3,(H2,17,18,21). The number of benzene rings is 1. The second-order valence-corrected chi connectivity index (χ2v) is 5.22. The zero-order valence-electron chi connectivity index (χ0n) is 13.7. The molecule has 0 amide bonds. The zero-order chi connectivity index (χ0) is 15.9. The lowest BCUT2D eigenvalue weighted by Crippen LogP contribution is -2.39. The van der Waals surface area contributed by atoms with Crippen molar-refractivity contribution in [1.82, 2.24) is 25.4 Å². The first-order valence-electron chi connectivity index (χ1n) is 7.55. The van der Waals surface area contributed by atoms with E-state index in [1.165, 1.54) is 11.1 Å². The molecule has 0 aliphatic heterocycles. The summed E-state index contributed by atoms with van der Waals surface area (Å²) in [7, 11) is 1.87. The van der Waals surface area contributed by atoms with Gasteiger partial charge in [0.15, 0.2) is 5.96 Å². The number of aromatic nitrogens is 3. The van der Waals surface area contributed by atoms with Crippen LogP contribution in [0, 0.1) is 6.92 Å². The van der Waals surface area contributed by atoms with E-state index in [1.54, 1.807) is 11.0 Å². The van der Waals surface area contributed by atoms with E-state index >= 15 is 0 Å². The molecule has 1 aromatic carbocycles. The van der Waals surface area contributed by atoms with Gasteiger partial charge in [-0.2, -0.15) is 5.10 Å². The third-order valence-electron chi connectivity index (χ3n) is 3.54. The van der Waals surface area contributed by atoms with Crippen molar-refractivity contribution in [1.29, 1.82) is 0 Å². The molecular formula is C16H24N6. The molecule has 2 aromatic rings. The monoisotopic (exact) mass is 300 g/mol. The summed E-state index contributed by atoms with van der Waals surface area (Å²) in [4.78, 5) is 8.77. The number of rotatable bonds is 5. The molecule has 2 N–H and O–H groups in total. The third kappa shape index (κ3) is 4.07. The highest BCUT2D eigenvalue weighted by Crippen LogP contribution is 2.16. The molecule has 6 nitrogen and oxygen atoms in total. The Morgan fingerprint density at radius 2 is 2.14 bits per heavy atom. The SMILES string of the molecule is CCNC(=NCc1ncnn1C)NC(C)c1ccccc1C. The lowest BCUT2D eigenvalue weighted by Gasteiger charge is -2.19. The summed E-state index contributed by atoms with van der Waals surface area (Å²) in [5, 5.41) is 10.8. The van der Waals surface area contributed by atoms with Crippen LogP contribution in [-0.2, 0) is 13.6 Å². The smallest absolute Gasteiger partial charge is 0.192 e. The molecule has 1 unspecified atom stereocenters. The largest absolute Gasteiger partial charge is 0.357 e. The first-order valence-corrected chi connectivity index (χ1v) is 7.55. The Bertz CT molecular complexity index is 631. The first-order chi connectivity index (χ1) is 10.6. The van der Waals surface area contributed by atoms with Gasteiger partial charge in [-0.15, -0.1) is 0 Å². The van der Waals surface area contributed by atoms with Crippen LogP contribution in [0.25, 0.3) is 0 Å². The fourth-order valence-electron chi connectivity index (χ4n) is 2.29. The first kappa shape index (κ1) is 16.0. The van der Waals surface area contributed by atoms with E-state index in [1.807, 2.05) is 7.05 Å². The van der Waals surface area contributed by atoms with Crippen LogP contribution in [0.15, 0.2) is 35.6 Å². The number of nitrogens with one attached hydrogen (secondary N) is 2. The number of guanidine groups is 1. The Balaban J connectivity index is 2.08. The lowest BCUT2D eigenvalue weighted by molar-refractivity contribution is 0.670. The van der Waals surface area contributed by atoms with E-state index in [-0.39, 0.29) is 6.04 Å². The summed E-state index contributed by atoms with van der Waals surface area (Å²) in [5.74, 6) is 1.61. The minimum absolute atomic E-state index is 0.179. The quantitative estimate of drug-likeness (QED) is 0.654. The minimum Gasteiger partial charge on any atom is -0.357 e. The van der Waals surface area contributed by atoms with Gasteiger partial charge in [-0.3, -0.25) is 4.68 Å². The van der Waals surface area contributed by atoms with Gasteiger partial charge in [0, 0.05) is 13.6 Å². The molecule has 0 fully saturated rings. The molecule has 0 spiro atoms. The highest BCUT2D eigenvalue weighted by Gasteiger charge is 2.10. The third-order valence-corrected chi connectivity index (χ3v) is 3.54. The molecule has 0 aliphatic carbocycles. The normalized spacial score (nSPS) is 13.0. The maximum atomic E-state index is 4.58. The van der Waals surface area contributed by atoms with Crippen molar-refractivity contribution in [3.05, 3.63) is 47.5 Å². The molecule has 1 atom stereocenters. The molecule has 0 radical (unpaired) electrons. The summed E-state index contributed by atoms with van der Waals surface area (Å²) in [6.45, 7) is 7.62. The summed E-state index contributed by atoms with van der Waals surface area (Å²) in [6, 6.07) is 8.55. The van der Waals surface area contributed by atoms with E-state index in [0.29, 0.717) is 6.54 Å². The number of aliphatic imine (C=N–C) groups is 1. The molecule has 0 saturated carbocycles. The summed E-state index contributed by atoms with van der Waals surface area (Å²) in [6.07, 6.45) is 1.54. The molecule has 0 bridgehead atoms. The Morgan fingerprint density at radius 1 is 1.36 bits per heavy atom. The molecule has 0 aliphatic rings. The fourth-order valence-corrected chi connectivity index (χ4v) is 2.29. The van der Waals surface area contributed by atoms with Crippen molar-refractivity contribution in [2.24, 2.45) is 12.0 Å². The summed E-state index contributed by atoms with van der Waals surface area (Å²) < 4.78 is 1.73. The number of aryl methyl sites for hydroxylation is 2. The molecular weight excluding hydrogens is 276 g/mol. The summed E-state index contributed by atoms with van der Waals surface area (Å²) >= 11 is 0. The van der Waals surface area contributed by atoms with E-state index in [2.05, 4.69) is 70.7 Å². The van der Waals surface area contributed by atoms with Gasteiger partial charge in [0.1, 0.15) is 18.7 Å². The Labute approximate surface area is 131 Å². The van der Waals surface area contributed by atoms with Crippen LogP contribution in [0.5, 0.6) is 0 Å². The van der Waals surface area contributed by atoms with Crippen LogP contribution in [0.4, 0.5) is 0 Å². The number of hydrogen-bond donors (Lipinski definition) is 2. The van der Waals surface area contributed by atoms with Crippen LogP contribution < -0.4 is 10.6 Å². The van der Waals surface area contributed by atoms with Crippen molar-refractivity contribution < 1.29 is 0 Å². The second-order valence-electron chi connectivity index (χ2n) is 5.22. The molecule has 1 aromatic heterocycles. The van der Waals surface area contributed by atoms with Crippen LogP contribution in [0.3, 0.4) is 0 Å². The van der Waals surface area contributed by atoms with Crippen molar-refractivity contribution in [3.8, 4) is 0 Å². The number of hydrogen-bond acceptors (Lipinski definition) is 3. The number of nitrogens with zero attached hydrogens (tertiary/aromatic N) is 4. The fraction of sp³-hybridized carbons (Fsp3) is 0.438. The predicted molar refractivity (Wildman–Crippen MR) is 88.5 cm³/mol. The van der Waals surface area contributed by atoms with Crippen LogP contribution >= 0.6 is 0 Å². The van der Waals surface area contributed by atoms with Crippen LogP contribution in [0.2, 0.25) is 0 Å². The average molecular weight is 300 g/mol. The van der Waals surface area contributed by atoms with Gasteiger partial charge in [0.05, 0.1) is 6.04 Å². The van der Waals surface area contributed by atoms with E-state index in [0.717, 1.165) is 18.3 Å². The minimum atomic E-state index is 0.179. The van der Waals surface area contributed by atoms with Gasteiger partial charge in [-0.1, -0.05) is 24.3 Å². The maximum absolute atomic E-state index is 4.58. The van der Waals surface area contributed by atoms with Gasteiger partial charge in [-0.25, -0.2) is 9.98 Å². The van der Waals surface area contributed by atoms with Gasteiger partial charge in [0.2, 0.25) is 0 Å². The highest BCUT2D eigenvalue weighted by atomic mass is 15.3. The average Bonchev–Trinajstić information content (AvgIpc) is 2.90. The Kier molecular flexibility index (Phi) is 5.52. The lowest BCUT2D eigenvalue weighted by atomic mass is 10.0. The van der Waals surface area contributed by atoms with E-state index in [9.17, 15) is 0 Å². The van der Waals surface area contributed by atoms with Gasteiger partial charge >= 0.3 is 0 Å². The van der Waals surface area contributed by atoms with Crippen molar-refractivity contribution in [2.45, 2.75) is 33.4 Å². The molecule has 2 rings (SSSR count). The van der Waals surface area contributed by atoms with Gasteiger partial charge < -0.3 is 10.6 Å². The topological polar surface area (TPSA) is 67.1 Å². The van der Waals surface area contributed by atoms with Crippen molar-refractivity contribution in [2.75, 3.05) is 6.54 Å². The summed E-state index contributed by atoms with van der Waals surface area (Å²) in [5.41, 5.74) is 2.54. The zero-order valence-corrected chi connectivity index (χ0v) is 13.7. The Morgan fingerprint density at radius 3 is 2.77 bits per heavy atom. The van der Waals surface area contributed by atoms with Crippen LogP contribution in [-0.4, -0.2) is 27.3 Å². The Hall–Kier alpha value is -2.37. The van der Waals surface area contributed by atoms with Crippen molar-refractivity contribution in [3.63, 3.8) is 0 Å². The molecule has 118 valence electrons. The van der Waals surface area contributed by atoms with E-state index < -0.39 is 0 Å². The van der Waals surface area contributed by atoms with Gasteiger partial charge in [-0.05, 0) is 31.9 Å². The van der Waals surface area contributed by atoms with Gasteiger partial charge in [0.25, 0.3) is 0 Å². The highest BCUT2D eigenvalue weighted by molar-refractivity contribution is 5.80. The van der Waals surface area contributed by atoms with Crippen LogP contribution in [0.1, 0.15) is 36.8 Å². The molecule has 6 heteroatoms. The molecule has 0 saturated heterocycles. The molecule has 22 heavy (non-hydrogen) atoms. The molecule has 1 heterocycles.